The first-order valence-corrected chi connectivity index (χ1v) is 4.58. The Labute approximate surface area is 92.0 Å². The number of hydrogen-bond acceptors (Lipinski definition) is 4. The number of pyridine rings is 1. The van der Waals surface area contributed by atoms with Gasteiger partial charge in [-0.25, -0.2) is 9.78 Å². The Balaban J connectivity index is 2.97. The van der Waals surface area contributed by atoms with Crippen LogP contribution in [0.1, 0.15) is 18.1 Å². The zero-order valence-corrected chi connectivity index (χ0v) is 8.61. The Kier molecular flexibility index (Phi) is 4.16. The van der Waals surface area contributed by atoms with Crippen molar-refractivity contribution in [1.82, 2.24) is 4.98 Å². The van der Waals surface area contributed by atoms with Gasteiger partial charge in [0, 0.05) is 17.8 Å². The minimum Gasteiger partial charge on any atom is -0.463 e. The number of ether oxygens (including phenoxy) is 1. The molecule has 0 saturated heterocycles. The first-order valence-electron chi connectivity index (χ1n) is 4.58. The third kappa shape index (κ3) is 2.89. The number of carbonyl (C=O) groups is 1. The Hall–Kier alpha value is -2.22. The summed E-state index contributed by atoms with van der Waals surface area (Å²) in [6, 6.07) is 3.18. The summed E-state index contributed by atoms with van der Waals surface area (Å²) in [6.45, 7) is 1.90. The van der Waals surface area contributed by atoms with E-state index < -0.39 is 11.9 Å². The molecule has 0 aliphatic rings. The van der Waals surface area contributed by atoms with E-state index in [0.29, 0.717) is 0 Å². The number of nitriles is 1. The molecule has 1 aromatic heterocycles. The smallest absolute Gasteiger partial charge is 0.330 e. The second-order valence-corrected chi connectivity index (χ2v) is 2.76. The van der Waals surface area contributed by atoms with E-state index in [9.17, 15) is 9.18 Å². The van der Waals surface area contributed by atoms with Crippen LogP contribution in [0.2, 0.25) is 0 Å². The lowest BCUT2D eigenvalue weighted by Crippen LogP contribution is -1.99. The average Bonchev–Trinajstić information content (AvgIpc) is 2.27. The minimum atomic E-state index is -0.792. The highest BCUT2D eigenvalue weighted by Crippen LogP contribution is 2.12. The van der Waals surface area contributed by atoms with Gasteiger partial charge in [-0.3, -0.25) is 0 Å². The van der Waals surface area contributed by atoms with E-state index in [1.807, 2.05) is 6.07 Å². The third-order valence-corrected chi connectivity index (χ3v) is 1.73. The molecule has 0 bridgehead atoms. The molecule has 0 atom stereocenters. The van der Waals surface area contributed by atoms with Gasteiger partial charge in [-0.05, 0) is 19.1 Å². The standard InChI is InChI=1S/C11H9FN2O2/c1-2-16-10(15)4-3-9-8(7-13)5-6-14-11(9)12/h3-6H,2H2,1H3/b4-3+. The van der Waals surface area contributed by atoms with Crippen molar-refractivity contribution in [1.29, 1.82) is 5.26 Å². The molecule has 0 unspecified atom stereocenters. The monoisotopic (exact) mass is 220 g/mol. The van der Waals surface area contributed by atoms with Gasteiger partial charge in [-0.2, -0.15) is 9.65 Å². The van der Waals surface area contributed by atoms with E-state index >= 15 is 0 Å². The molecular formula is C11H9FN2O2. The summed E-state index contributed by atoms with van der Waals surface area (Å²) in [4.78, 5) is 14.4. The number of halogens is 1. The second-order valence-electron chi connectivity index (χ2n) is 2.76. The maximum Gasteiger partial charge on any atom is 0.330 e. The quantitative estimate of drug-likeness (QED) is 0.441. The van der Waals surface area contributed by atoms with Gasteiger partial charge in [0.05, 0.1) is 18.2 Å². The molecule has 16 heavy (non-hydrogen) atoms. The van der Waals surface area contributed by atoms with Gasteiger partial charge in [0.15, 0.2) is 0 Å². The number of carbonyl (C=O) groups excluding carboxylic acids is 1. The van der Waals surface area contributed by atoms with Crippen molar-refractivity contribution in [3.63, 3.8) is 0 Å². The number of rotatable bonds is 3. The molecule has 0 aromatic carbocycles. The van der Waals surface area contributed by atoms with Crippen LogP contribution in [0, 0.1) is 17.3 Å². The van der Waals surface area contributed by atoms with Crippen LogP contribution in [0.4, 0.5) is 4.39 Å². The molecule has 0 saturated carbocycles. The highest BCUT2D eigenvalue weighted by atomic mass is 19.1. The molecule has 0 amide bonds. The van der Waals surface area contributed by atoms with Gasteiger partial charge in [-0.15, -0.1) is 0 Å². The van der Waals surface area contributed by atoms with Crippen LogP contribution in [0.3, 0.4) is 0 Å². The van der Waals surface area contributed by atoms with Gasteiger partial charge in [0.1, 0.15) is 0 Å². The molecule has 0 fully saturated rings. The van der Waals surface area contributed by atoms with Gasteiger partial charge in [-0.1, -0.05) is 0 Å². The Morgan fingerprint density at radius 1 is 1.75 bits per heavy atom. The predicted octanol–water partition coefficient (Wildman–Crippen LogP) is 1.67. The molecule has 1 aromatic rings. The number of hydrogen-bond donors (Lipinski definition) is 0. The van der Waals surface area contributed by atoms with Crippen LogP contribution >= 0.6 is 0 Å². The summed E-state index contributed by atoms with van der Waals surface area (Å²) in [6.07, 6.45) is 3.43. The highest BCUT2D eigenvalue weighted by Gasteiger charge is 2.06. The number of nitrogens with zero attached hydrogens (tertiary/aromatic N) is 2. The highest BCUT2D eigenvalue weighted by molar-refractivity contribution is 5.87. The van der Waals surface area contributed by atoms with E-state index in [1.165, 1.54) is 18.3 Å². The minimum absolute atomic E-state index is 0.0157. The molecule has 1 heterocycles. The summed E-state index contributed by atoms with van der Waals surface area (Å²) >= 11 is 0. The van der Waals surface area contributed by atoms with E-state index in [4.69, 9.17) is 5.26 Å². The molecule has 0 aliphatic carbocycles. The van der Waals surface area contributed by atoms with Crippen molar-refractivity contribution in [2.75, 3.05) is 6.61 Å². The fraction of sp³-hybridized carbons (Fsp3) is 0.182. The third-order valence-electron chi connectivity index (χ3n) is 1.73. The van der Waals surface area contributed by atoms with Crippen LogP contribution in [0.15, 0.2) is 18.3 Å². The maximum absolute atomic E-state index is 13.2. The Morgan fingerprint density at radius 2 is 2.50 bits per heavy atom. The van der Waals surface area contributed by atoms with Crippen molar-refractivity contribution in [3.05, 3.63) is 35.4 Å². The summed E-state index contributed by atoms with van der Waals surface area (Å²) in [5.41, 5.74) is 0.103. The number of aromatic nitrogens is 1. The molecule has 0 spiro atoms. The van der Waals surface area contributed by atoms with E-state index in [-0.39, 0.29) is 17.7 Å². The Morgan fingerprint density at radius 3 is 3.12 bits per heavy atom. The first-order chi connectivity index (χ1) is 7.69. The van der Waals surface area contributed by atoms with Crippen LogP contribution < -0.4 is 0 Å². The second kappa shape index (κ2) is 5.61. The normalized spacial score (nSPS) is 10.1. The van der Waals surface area contributed by atoms with Crippen molar-refractivity contribution in [2.45, 2.75) is 6.92 Å². The van der Waals surface area contributed by atoms with Crippen molar-refractivity contribution < 1.29 is 13.9 Å². The summed E-state index contributed by atoms with van der Waals surface area (Å²) in [7, 11) is 0. The predicted molar refractivity (Wildman–Crippen MR) is 54.6 cm³/mol. The zero-order chi connectivity index (χ0) is 12.0. The average molecular weight is 220 g/mol. The topological polar surface area (TPSA) is 63.0 Å². The van der Waals surface area contributed by atoms with Crippen LogP contribution in [-0.2, 0) is 9.53 Å². The summed E-state index contributed by atoms with van der Waals surface area (Å²) in [5.74, 6) is -1.38. The van der Waals surface area contributed by atoms with Gasteiger partial charge in [0.25, 0.3) is 0 Å². The largest absolute Gasteiger partial charge is 0.463 e. The van der Waals surface area contributed by atoms with Crippen LogP contribution in [0.5, 0.6) is 0 Å². The molecule has 0 aliphatic heterocycles. The molecule has 82 valence electrons. The molecule has 0 N–H and O–H groups in total. The maximum atomic E-state index is 13.2. The molecule has 1 rings (SSSR count). The van der Waals surface area contributed by atoms with Crippen molar-refractivity contribution in [3.8, 4) is 6.07 Å². The van der Waals surface area contributed by atoms with Gasteiger partial charge in [0.2, 0.25) is 5.95 Å². The number of esters is 1. The van der Waals surface area contributed by atoms with E-state index in [2.05, 4.69) is 9.72 Å². The lowest BCUT2D eigenvalue weighted by molar-refractivity contribution is -0.137. The first kappa shape index (κ1) is 11.9. The zero-order valence-electron chi connectivity index (χ0n) is 8.61. The summed E-state index contributed by atoms with van der Waals surface area (Å²) in [5, 5.41) is 8.72. The van der Waals surface area contributed by atoms with E-state index in [0.717, 1.165) is 6.08 Å². The molecular weight excluding hydrogens is 211 g/mol. The molecule has 5 heteroatoms. The SMILES string of the molecule is CCOC(=O)/C=C/c1c(C#N)ccnc1F. The fourth-order valence-electron chi connectivity index (χ4n) is 1.05. The summed E-state index contributed by atoms with van der Waals surface area (Å²) < 4.78 is 17.8. The fourth-order valence-corrected chi connectivity index (χ4v) is 1.05. The van der Waals surface area contributed by atoms with E-state index in [1.54, 1.807) is 6.92 Å². The van der Waals surface area contributed by atoms with Crippen molar-refractivity contribution >= 4 is 12.0 Å². The molecule has 4 nitrogen and oxygen atoms in total. The molecule has 0 radical (unpaired) electrons. The van der Waals surface area contributed by atoms with Gasteiger partial charge < -0.3 is 4.74 Å². The van der Waals surface area contributed by atoms with Gasteiger partial charge >= 0.3 is 5.97 Å². The van der Waals surface area contributed by atoms with Crippen LogP contribution in [-0.4, -0.2) is 17.6 Å². The lowest BCUT2D eigenvalue weighted by atomic mass is 10.1. The lowest BCUT2D eigenvalue weighted by Gasteiger charge is -1.98. The van der Waals surface area contributed by atoms with Crippen molar-refractivity contribution in [2.24, 2.45) is 0 Å². The Bertz CT molecular complexity index is 464. The van der Waals surface area contributed by atoms with Crippen LogP contribution in [0.25, 0.3) is 6.08 Å².